The van der Waals surface area contributed by atoms with Gasteiger partial charge in [0.05, 0.1) is 11.6 Å². The maximum atomic E-state index is 12.2. The quantitative estimate of drug-likeness (QED) is 0.599. The van der Waals surface area contributed by atoms with Crippen molar-refractivity contribution in [2.24, 2.45) is 4.99 Å². The second kappa shape index (κ2) is 9.05. The third-order valence-electron chi connectivity index (χ3n) is 5.25. The molecule has 0 spiro atoms. The van der Waals surface area contributed by atoms with Crippen molar-refractivity contribution in [1.29, 1.82) is 0 Å². The molecule has 6 heteroatoms. The van der Waals surface area contributed by atoms with E-state index in [0.29, 0.717) is 5.69 Å². The number of thiazole rings is 1. The first-order valence-electron chi connectivity index (χ1n) is 9.98. The molecule has 0 saturated carbocycles. The number of benzene rings is 2. The summed E-state index contributed by atoms with van der Waals surface area (Å²) in [5.41, 5.74) is 7.49. The Morgan fingerprint density at radius 2 is 2.10 bits per heavy atom. The van der Waals surface area contributed by atoms with Gasteiger partial charge in [0.25, 0.3) is 5.91 Å². The van der Waals surface area contributed by atoms with Crippen LogP contribution in [0.2, 0.25) is 0 Å². The number of carbonyl (C=O) groups excluding carboxylic acids is 1. The third kappa shape index (κ3) is 4.33. The van der Waals surface area contributed by atoms with Gasteiger partial charge in [-0.2, -0.15) is 0 Å². The zero-order valence-electron chi connectivity index (χ0n) is 16.9. The van der Waals surface area contributed by atoms with E-state index in [1.54, 1.807) is 10.9 Å². The molecule has 1 unspecified atom stereocenters. The number of nitrogens with zero attached hydrogens (tertiary/aromatic N) is 2. The highest BCUT2D eigenvalue weighted by Gasteiger charge is 2.20. The number of hydrogen-bond donors (Lipinski definition) is 2. The molecule has 152 valence electrons. The van der Waals surface area contributed by atoms with Crippen LogP contribution in [0.1, 0.15) is 51.6 Å². The predicted molar refractivity (Wildman–Crippen MR) is 124 cm³/mol. The van der Waals surface area contributed by atoms with Crippen LogP contribution < -0.4 is 10.6 Å². The average Bonchev–Trinajstić information content (AvgIpc) is 3.19. The maximum Gasteiger partial charge on any atom is 0.275 e. The Kier molecular flexibility index (Phi) is 6.05. The lowest BCUT2D eigenvalue weighted by Gasteiger charge is -2.22. The zero-order chi connectivity index (χ0) is 20.9. The topological polar surface area (TPSA) is 66.4 Å². The first-order chi connectivity index (χ1) is 14.7. The van der Waals surface area contributed by atoms with Crippen molar-refractivity contribution in [3.63, 3.8) is 0 Å². The van der Waals surface area contributed by atoms with Crippen molar-refractivity contribution in [3.05, 3.63) is 87.9 Å². The molecule has 4 rings (SSSR count). The van der Waals surface area contributed by atoms with Gasteiger partial charge in [0.15, 0.2) is 0 Å². The number of aryl methyl sites for hydroxylation is 1. The van der Waals surface area contributed by atoms with Crippen LogP contribution in [-0.2, 0) is 0 Å². The summed E-state index contributed by atoms with van der Waals surface area (Å²) in [6.07, 6.45) is 3.97. The number of amides is 1. The maximum absolute atomic E-state index is 12.2. The Bertz CT molecular complexity index is 1070. The molecule has 1 aliphatic heterocycles. The first-order valence-corrected chi connectivity index (χ1v) is 10.9. The number of amidine groups is 1. The van der Waals surface area contributed by atoms with E-state index in [9.17, 15) is 4.79 Å². The Hall–Kier alpha value is -3.25. The van der Waals surface area contributed by atoms with Gasteiger partial charge in [-0.25, -0.2) is 4.98 Å². The number of nitrogens with one attached hydrogen (secondary N) is 2. The molecule has 0 fully saturated rings. The van der Waals surface area contributed by atoms with Crippen molar-refractivity contribution >= 4 is 34.8 Å². The summed E-state index contributed by atoms with van der Waals surface area (Å²) in [4.78, 5) is 21.0. The number of hydrogen-bond acceptors (Lipinski definition) is 5. The van der Waals surface area contributed by atoms with Crippen molar-refractivity contribution in [3.8, 4) is 0 Å². The first kappa shape index (κ1) is 20.0. The summed E-state index contributed by atoms with van der Waals surface area (Å²) in [5, 5.41) is 8.25. The fourth-order valence-corrected chi connectivity index (χ4v) is 4.23. The minimum atomic E-state index is -0.203. The highest BCUT2D eigenvalue weighted by Crippen LogP contribution is 2.27. The van der Waals surface area contributed by atoms with Gasteiger partial charge >= 0.3 is 0 Å². The summed E-state index contributed by atoms with van der Waals surface area (Å²) >= 11 is 1.40. The molecule has 2 aromatic carbocycles. The Morgan fingerprint density at radius 3 is 2.83 bits per heavy atom. The number of aliphatic imine (C=N–C) groups is 1. The van der Waals surface area contributed by atoms with E-state index in [1.165, 1.54) is 28.0 Å². The van der Waals surface area contributed by atoms with Gasteiger partial charge in [0.1, 0.15) is 11.5 Å². The van der Waals surface area contributed by atoms with Crippen LogP contribution in [0.15, 0.2) is 64.9 Å². The smallest absolute Gasteiger partial charge is 0.275 e. The van der Waals surface area contributed by atoms with Gasteiger partial charge in [-0.15, -0.1) is 11.3 Å². The standard InChI is InChI=1S/C24H24N4OS/c1-3-19-16(2)6-4-7-20(19)21-8-5-13-25-23(28-21)17-9-11-18(12-10-17)27-24(29)22-14-30-15-26-22/h3-4,6-7,9-12,14-15,21H,1,5,8,13H2,2H3,(H,25,28)(H,27,29). The van der Waals surface area contributed by atoms with Gasteiger partial charge in [-0.3, -0.25) is 9.79 Å². The van der Waals surface area contributed by atoms with Gasteiger partial charge in [-0.05, 0) is 60.7 Å². The fraction of sp³-hybridized carbons (Fsp3) is 0.208. The summed E-state index contributed by atoms with van der Waals surface area (Å²) < 4.78 is 0. The molecule has 0 bridgehead atoms. The van der Waals surface area contributed by atoms with Crippen LogP contribution in [0.4, 0.5) is 5.69 Å². The van der Waals surface area contributed by atoms with Gasteiger partial charge < -0.3 is 10.6 Å². The summed E-state index contributed by atoms with van der Waals surface area (Å²) in [5.74, 6) is 0.678. The van der Waals surface area contributed by atoms with Crippen LogP contribution in [0.25, 0.3) is 6.08 Å². The molecule has 2 heterocycles. The number of rotatable bonds is 5. The fourth-order valence-electron chi connectivity index (χ4n) is 3.69. The monoisotopic (exact) mass is 416 g/mol. The van der Waals surface area contributed by atoms with Crippen molar-refractivity contribution in [1.82, 2.24) is 10.3 Å². The lowest BCUT2D eigenvalue weighted by atomic mass is 9.93. The van der Waals surface area contributed by atoms with Crippen LogP contribution in [0.5, 0.6) is 0 Å². The van der Waals surface area contributed by atoms with E-state index in [0.717, 1.165) is 36.5 Å². The highest BCUT2D eigenvalue weighted by molar-refractivity contribution is 7.07. The molecular weight excluding hydrogens is 392 g/mol. The second-order valence-electron chi connectivity index (χ2n) is 7.26. The minimum Gasteiger partial charge on any atom is -0.363 e. The largest absolute Gasteiger partial charge is 0.363 e. The number of carbonyl (C=O) groups is 1. The van der Waals surface area contributed by atoms with Crippen LogP contribution in [0, 0.1) is 6.92 Å². The molecule has 0 saturated heterocycles. The summed E-state index contributed by atoms with van der Waals surface area (Å²) in [6.45, 7) is 6.91. The zero-order valence-corrected chi connectivity index (χ0v) is 17.7. The van der Waals surface area contributed by atoms with E-state index in [4.69, 9.17) is 4.99 Å². The van der Waals surface area contributed by atoms with Crippen molar-refractivity contribution < 1.29 is 4.79 Å². The summed E-state index contributed by atoms with van der Waals surface area (Å²) in [7, 11) is 0. The van der Waals surface area contributed by atoms with E-state index >= 15 is 0 Å². The minimum absolute atomic E-state index is 0.184. The van der Waals surface area contributed by atoms with E-state index in [1.807, 2.05) is 30.3 Å². The molecule has 30 heavy (non-hydrogen) atoms. The lowest BCUT2D eigenvalue weighted by Crippen LogP contribution is -2.28. The predicted octanol–water partition coefficient (Wildman–Crippen LogP) is 5.22. The normalized spacial score (nSPS) is 16.2. The molecule has 1 atom stereocenters. The molecule has 5 nitrogen and oxygen atoms in total. The van der Waals surface area contributed by atoms with Crippen LogP contribution >= 0.6 is 11.3 Å². The molecule has 1 aromatic heterocycles. The molecule has 1 aliphatic rings. The van der Waals surface area contributed by atoms with Gasteiger partial charge in [0.2, 0.25) is 0 Å². The van der Waals surface area contributed by atoms with Crippen molar-refractivity contribution in [2.45, 2.75) is 25.8 Å². The molecule has 0 aliphatic carbocycles. The number of anilines is 1. The molecule has 0 radical (unpaired) electrons. The molecule has 3 aromatic rings. The highest BCUT2D eigenvalue weighted by atomic mass is 32.1. The SMILES string of the molecule is C=Cc1c(C)cccc1C1CCCN=C(c2ccc(NC(=O)c3cscn3)cc2)N1. The van der Waals surface area contributed by atoms with Crippen LogP contribution in [0.3, 0.4) is 0 Å². The number of aromatic nitrogens is 1. The van der Waals surface area contributed by atoms with E-state index in [2.05, 4.69) is 47.3 Å². The Labute approximate surface area is 180 Å². The van der Waals surface area contributed by atoms with E-state index < -0.39 is 0 Å². The second-order valence-corrected chi connectivity index (χ2v) is 7.98. The molecule has 1 amide bonds. The average molecular weight is 417 g/mol. The molecular formula is C24H24N4OS. The van der Waals surface area contributed by atoms with Crippen LogP contribution in [-0.4, -0.2) is 23.3 Å². The van der Waals surface area contributed by atoms with Gasteiger partial charge in [-0.1, -0.05) is 30.9 Å². The molecule has 2 N–H and O–H groups in total. The summed E-state index contributed by atoms with van der Waals surface area (Å²) in [6, 6.07) is 14.3. The van der Waals surface area contributed by atoms with E-state index in [-0.39, 0.29) is 11.9 Å². The Balaban J connectivity index is 1.52. The van der Waals surface area contributed by atoms with Gasteiger partial charge in [0, 0.05) is 23.2 Å². The van der Waals surface area contributed by atoms with Crippen molar-refractivity contribution in [2.75, 3.05) is 11.9 Å². The Morgan fingerprint density at radius 1 is 1.27 bits per heavy atom. The third-order valence-corrected chi connectivity index (χ3v) is 5.84. The lowest BCUT2D eigenvalue weighted by molar-refractivity contribution is 0.102.